The number of para-hydroxylation sites is 1. The minimum absolute atomic E-state index is 0.170. The summed E-state index contributed by atoms with van der Waals surface area (Å²) in [6, 6.07) is 20.4. The SMILES string of the molecule is CC1(C)N=C(COc2ccccc2)NC1c1ccccc1. The zero-order valence-corrected chi connectivity index (χ0v) is 12.4. The van der Waals surface area contributed by atoms with Crippen LogP contribution in [-0.2, 0) is 0 Å². The van der Waals surface area contributed by atoms with E-state index in [0.717, 1.165) is 11.6 Å². The monoisotopic (exact) mass is 280 g/mol. The molecule has 0 fully saturated rings. The molecule has 3 nitrogen and oxygen atoms in total. The summed E-state index contributed by atoms with van der Waals surface area (Å²) >= 11 is 0. The van der Waals surface area contributed by atoms with Gasteiger partial charge in [0.15, 0.2) is 0 Å². The van der Waals surface area contributed by atoms with Gasteiger partial charge in [-0.05, 0) is 31.5 Å². The maximum absolute atomic E-state index is 5.77. The van der Waals surface area contributed by atoms with Gasteiger partial charge in [0, 0.05) is 0 Å². The van der Waals surface area contributed by atoms with E-state index in [1.165, 1.54) is 5.56 Å². The van der Waals surface area contributed by atoms with E-state index in [4.69, 9.17) is 9.73 Å². The Morgan fingerprint density at radius 1 is 1.00 bits per heavy atom. The van der Waals surface area contributed by atoms with E-state index in [2.05, 4.69) is 43.4 Å². The Morgan fingerprint density at radius 3 is 2.29 bits per heavy atom. The average Bonchev–Trinajstić information content (AvgIpc) is 2.82. The zero-order chi connectivity index (χ0) is 14.7. The van der Waals surface area contributed by atoms with Crippen molar-refractivity contribution in [3.63, 3.8) is 0 Å². The molecule has 1 aliphatic rings. The van der Waals surface area contributed by atoms with Crippen LogP contribution < -0.4 is 10.1 Å². The molecule has 21 heavy (non-hydrogen) atoms. The van der Waals surface area contributed by atoms with Crippen molar-refractivity contribution >= 4 is 5.84 Å². The third kappa shape index (κ3) is 3.07. The third-order valence-corrected chi connectivity index (χ3v) is 3.69. The quantitative estimate of drug-likeness (QED) is 0.928. The Bertz CT molecular complexity index is 620. The van der Waals surface area contributed by atoms with Crippen LogP contribution >= 0.6 is 0 Å². The second kappa shape index (κ2) is 5.60. The minimum atomic E-state index is -0.170. The van der Waals surface area contributed by atoms with Gasteiger partial charge < -0.3 is 10.1 Å². The molecule has 0 aromatic heterocycles. The fraction of sp³-hybridized carbons (Fsp3) is 0.278. The van der Waals surface area contributed by atoms with Gasteiger partial charge in [-0.3, -0.25) is 4.99 Å². The maximum Gasteiger partial charge on any atom is 0.145 e. The average molecular weight is 280 g/mol. The highest BCUT2D eigenvalue weighted by molar-refractivity contribution is 5.86. The molecule has 1 atom stereocenters. The summed E-state index contributed by atoms with van der Waals surface area (Å²) in [5.41, 5.74) is 1.08. The van der Waals surface area contributed by atoms with Crippen LogP contribution in [0.4, 0.5) is 0 Å². The lowest BCUT2D eigenvalue weighted by molar-refractivity contribution is 0.372. The summed E-state index contributed by atoms with van der Waals surface area (Å²) in [5.74, 6) is 1.76. The number of nitrogens with zero attached hydrogens (tertiary/aromatic N) is 1. The fourth-order valence-corrected chi connectivity index (χ4v) is 2.67. The largest absolute Gasteiger partial charge is 0.486 e. The Labute approximate surface area is 125 Å². The first kappa shape index (κ1) is 13.7. The maximum atomic E-state index is 5.77. The molecule has 0 aliphatic carbocycles. The van der Waals surface area contributed by atoms with Gasteiger partial charge in [0.1, 0.15) is 18.2 Å². The molecule has 1 N–H and O–H groups in total. The Morgan fingerprint density at radius 2 is 1.62 bits per heavy atom. The normalized spacial score (nSPS) is 19.7. The lowest BCUT2D eigenvalue weighted by Gasteiger charge is -2.25. The molecule has 0 amide bonds. The van der Waals surface area contributed by atoms with Crippen LogP contribution in [0.3, 0.4) is 0 Å². The van der Waals surface area contributed by atoms with Gasteiger partial charge in [-0.2, -0.15) is 0 Å². The van der Waals surface area contributed by atoms with Crippen molar-refractivity contribution < 1.29 is 4.74 Å². The molecule has 1 heterocycles. The van der Waals surface area contributed by atoms with Crippen molar-refractivity contribution in [3.8, 4) is 5.75 Å². The number of benzene rings is 2. The molecule has 0 saturated carbocycles. The van der Waals surface area contributed by atoms with E-state index in [9.17, 15) is 0 Å². The summed E-state index contributed by atoms with van der Waals surface area (Å²) < 4.78 is 5.77. The van der Waals surface area contributed by atoms with E-state index < -0.39 is 0 Å². The van der Waals surface area contributed by atoms with Crippen molar-refractivity contribution in [2.45, 2.75) is 25.4 Å². The second-order valence-corrected chi connectivity index (χ2v) is 5.80. The molecule has 0 bridgehead atoms. The number of hydrogen-bond donors (Lipinski definition) is 1. The third-order valence-electron chi connectivity index (χ3n) is 3.69. The molecule has 2 aromatic carbocycles. The summed E-state index contributed by atoms with van der Waals surface area (Å²) in [7, 11) is 0. The lowest BCUT2D eigenvalue weighted by atomic mass is 9.90. The van der Waals surface area contributed by atoms with Crippen LogP contribution in [0.2, 0.25) is 0 Å². The zero-order valence-electron chi connectivity index (χ0n) is 12.4. The van der Waals surface area contributed by atoms with Gasteiger partial charge in [0.05, 0.1) is 11.6 Å². The Hall–Kier alpha value is -2.29. The molecule has 0 spiro atoms. The molecule has 0 radical (unpaired) electrons. The van der Waals surface area contributed by atoms with Crippen LogP contribution in [0, 0.1) is 0 Å². The molecule has 1 unspecified atom stereocenters. The van der Waals surface area contributed by atoms with Crippen molar-refractivity contribution in [3.05, 3.63) is 66.2 Å². The molecule has 0 saturated heterocycles. The Balaban J connectivity index is 1.69. The standard InChI is InChI=1S/C18H20N2O/c1-18(2)17(14-9-5-3-6-10-14)19-16(20-18)13-21-15-11-7-4-8-12-15/h3-12,17H,13H2,1-2H3,(H,19,20). The van der Waals surface area contributed by atoms with Gasteiger partial charge >= 0.3 is 0 Å². The number of rotatable bonds is 4. The van der Waals surface area contributed by atoms with Crippen LogP contribution in [0.15, 0.2) is 65.7 Å². The van der Waals surface area contributed by atoms with Crippen molar-refractivity contribution in [2.75, 3.05) is 6.61 Å². The highest BCUT2D eigenvalue weighted by Gasteiger charge is 2.36. The topological polar surface area (TPSA) is 33.6 Å². The second-order valence-electron chi connectivity index (χ2n) is 5.80. The first-order valence-corrected chi connectivity index (χ1v) is 7.23. The van der Waals surface area contributed by atoms with E-state index in [1.54, 1.807) is 0 Å². The van der Waals surface area contributed by atoms with Gasteiger partial charge in [-0.1, -0.05) is 48.5 Å². The van der Waals surface area contributed by atoms with Crippen molar-refractivity contribution in [1.29, 1.82) is 0 Å². The number of nitrogens with one attached hydrogen (secondary N) is 1. The van der Waals surface area contributed by atoms with Crippen LogP contribution in [0.25, 0.3) is 0 Å². The van der Waals surface area contributed by atoms with Crippen LogP contribution in [-0.4, -0.2) is 18.0 Å². The van der Waals surface area contributed by atoms with E-state index in [1.807, 2.05) is 36.4 Å². The predicted octanol–water partition coefficient (Wildman–Crippen LogP) is 3.59. The van der Waals surface area contributed by atoms with E-state index in [-0.39, 0.29) is 11.6 Å². The molecular weight excluding hydrogens is 260 g/mol. The first-order chi connectivity index (χ1) is 10.1. The van der Waals surface area contributed by atoms with Gasteiger partial charge in [-0.25, -0.2) is 0 Å². The molecular formula is C18H20N2O. The lowest BCUT2D eigenvalue weighted by Crippen LogP contribution is -2.33. The molecule has 1 aliphatic heterocycles. The smallest absolute Gasteiger partial charge is 0.145 e. The minimum Gasteiger partial charge on any atom is -0.486 e. The van der Waals surface area contributed by atoms with Gasteiger partial charge in [0.25, 0.3) is 0 Å². The highest BCUT2D eigenvalue weighted by atomic mass is 16.5. The summed E-state index contributed by atoms with van der Waals surface area (Å²) in [4.78, 5) is 4.77. The number of ether oxygens (including phenoxy) is 1. The Kier molecular flexibility index (Phi) is 3.65. The number of hydrogen-bond acceptors (Lipinski definition) is 3. The number of aliphatic imine (C=N–C) groups is 1. The van der Waals surface area contributed by atoms with Crippen molar-refractivity contribution in [1.82, 2.24) is 5.32 Å². The van der Waals surface area contributed by atoms with Crippen LogP contribution in [0.1, 0.15) is 25.5 Å². The van der Waals surface area contributed by atoms with Gasteiger partial charge in [-0.15, -0.1) is 0 Å². The van der Waals surface area contributed by atoms with E-state index in [0.29, 0.717) is 6.61 Å². The molecule has 2 aromatic rings. The van der Waals surface area contributed by atoms with Crippen molar-refractivity contribution in [2.24, 2.45) is 4.99 Å². The molecule has 108 valence electrons. The fourth-order valence-electron chi connectivity index (χ4n) is 2.67. The molecule has 3 heteroatoms. The first-order valence-electron chi connectivity index (χ1n) is 7.23. The van der Waals surface area contributed by atoms with Crippen LogP contribution in [0.5, 0.6) is 5.75 Å². The highest BCUT2D eigenvalue weighted by Crippen LogP contribution is 2.33. The summed E-state index contributed by atoms with van der Waals surface area (Å²) in [6.45, 7) is 4.76. The number of amidine groups is 1. The predicted molar refractivity (Wildman–Crippen MR) is 85.8 cm³/mol. The summed E-state index contributed by atoms with van der Waals surface area (Å²) in [6.07, 6.45) is 0. The molecule has 3 rings (SSSR count). The van der Waals surface area contributed by atoms with Gasteiger partial charge in [0.2, 0.25) is 0 Å². The van der Waals surface area contributed by atoms with E-state index >= 15 is 0 Å². The summed E-state index contributed by atoms with van der Waals surface area (Å²) in [5, 5.41) is 3.49.